The second kappa shape index (κ2) is 8.16. The van der Waals surface area contributed by atoms with Gasteiger partial charge >= 0.3 is 0 Å². The van der Waals surface area contributed by atoms with Gasteiger partial charge in [-0.1, -0.05) is 6.07 Å². The molecule has 0 unspecified atom stereocenters. The van der Waals surface area contributed by atoms with Crippen LogP contribution in [0.1, 0.15) is 5.56 Å². The number of nitrogens with zero attached hydrogens (tertiary/aromatic N) is 4. The van der Waals surface area contributed by atoms with Crippen molar-refractivity contribution in [1.82, 2.24) is 4.98 Å². The Labute approximate surface area is 172 Å². The molecule has 0 fully saturated rings. The highest BCUT2D eigenvalue weighted by Crippen LogP contribution is 2.35. The van der Waals surface area contributed by atoms with Crippen molar-refractivity contribution < 1.29 is 21.9 Å². The van der Waals surface area contributed by atoms with Gasteiger partial charge in [-0.05, 0) is 23.8 Å². The van der Waals surface area contributed by atoms with Crippen LogP contribution in [0.5, 0.6) is 0 Å². The Hall–Kier alpha value is -2.78. The van der Waals surface area contributed by atoms with Gasteiger partial charge in [-0.25, -0.2) is 32.0 Å². The van der Waals surface area contributed by atoms with E-state index in [0.29, 0.717) is 5.56 Å². The molecule has 3 rings (SSSR count). The third-order valence-electron chi connectivity index (χ3n) is 4.20. The third-order valence-corrected chi connectivity index (χ3v) is 7.15. The fourth-order valence-electron chi connectivity index (χ4n) is 2.89. The summed E-state index contributed by atoms with van der Waals surface area (Å²) in [6.07, 6.45) is -0.00338. The molecule has 1 atom stereocenters. The molecule has 0 radical (unpaired) electrons. The number of amidine groups is 1. The number of sulfone groups is 1. The van der Waals surface area contributed by atoms with Crippen LogP contribution in [0.15, 0.2) is 55.5 Å². The number of pyridine rings is 1. The van der Waals surface area contributed by atoms with E-state index >= 15 is 0 Å². The van der Waals surface area contributed by atoms with Crippen LogP contribution in [-0.4, -0.2) is 57.8 Å². The molecule has 2 heterocycles. The number of anilines is 1. The zero-order valence-electron chi connectivity index (χ0n) is 15.5. The molecule has 1 aliphatic heterocycles. The van der Waals surface area contributed by atoms with E-state index in [1.165, 1.54) is 18.3 Å². The molecule has 12 nitrogen and oxygen atoms in total. The van der Waals surface area contributed by atoms with E-state index in [2.05, 4.69) is 20.2 Å². The highest BCUT2D eigenvalue weighted by Gasteiger charge is 2.33. The van der Waals surface area contributed by atoms with E-state index in [4.69, 9.17) is 16.6 Å². The molecule has 0 amide bonds. The van der Waals surface area contributed by atoms with E-state index in [1.807, 2.05) is 0 Å². The van der Waals surface area contributed by atoms with Gasteiger partial charge in [0.25, 0.3) is 0 Å². The van der Waals surface area contributed by atoms with Crippen molar-refractivity contribution in [2.24, 2.45) is 26.1 Å². The summed E-state index contributed by atoms with van der Waals surface area (Å²) in [6.45, 7) is -0.380. The van der Waals surface area contributed by atoms with Crippen LogP contribution in [-0.2, 0) is 19.9 Å². The minimum atomic E-state index is -4.59. The second-order valence-electron chi connectivity index (χ2n) is 6.37. The van der Waals surface area contributed by atoms with Crippen LogP contribution >= 0.6 is 0 Å². The second-order valence-corrected chi connectivity index (χ2v) is 9.87. The van der Waals surface area contributed by atoms with Gasteiger partial charge in [0.2, 0.25) is 10.0 Å². The lowest BCUT2D eigenvalue weighted by molar-refractivity contribution is 0.205. The van der Waals surface area contributed by atoms with Crippen molar-refractivity contribution in [3.05, 3.63) is 36.0 Å². The molecule has 0 saturated heterocycles. The molecular formula is C16H19N7O5S2. The molecule has 14 heteroatoms. The number of hydrogen-bond acceptors (Lipinski definition) is 11. The first-order valence-electron chi connectivity index (χ1n) is 8.49. The maximum absolute atomic E-state index is 12.9. The maximum atomic E-state index is 12.9. The lowest BCUT2D eigenvalue weighted by atomic mass is 10.00. The Bertz CT molecular complexity index is 1240. The molecule has 0 aliphatic carbocycles. The Morgan fingerprint density at radius 2 is 1.87 bits per heavy atom. The summed E-state index contributed by atoms with van der Waals surface area (Å²) in [5.41, 5.74) is 11.5. The number of aliphatic hydroxyl groups excluding tert-OH is 1. The lowest BCUT2D eigenvalue weighted by Crippen LogP contribution is -2.30. The zero-order valence-corrected chi connectivity index (χ0v) is 17.1. The van der Waals surface area contributed by atoms with Crippen LogP contribution in [0.4, 0.5) is 5.82 Å². The van der Waals surface area contributed by atoms with Crippen LogP contribution < -0.4 is 16.6 Å². The standard InChI is InChI=1S/C16H19N7O5S2/c17-5-10(24)7-29(25,26)12-3-2-11(9-1-4-13(18)20-6-9)14(15(12)30(19,27)28)16-21-8-22-23-16/h1-4,6,10,24H,5,7-8,17H2,(H2,18,20)(H2,19,27,28)/t10-/m0/s1. The summed E-state index contributed by atoms with van der Waals surface area (Å²) < 4.78 is 50.8. The van der Waals surface area contributed by atoms with Crippen molar-refractivity contribution in [2.75, 3.05) is 24.7 Å². The van der Waals surface area contributed by atoms with Crippen LogP contribution in [0.2, 0.25) is 0 Å². The van der Waals surface area contributed by atoms with E-state index < -0.39 is 41.5 Å². The van der Waals surface area contributed by atoms with Crippen LogP contribution in [0, 0.1) is 0 Å². The minimum absolute atomic E-state index is 0.0539. The Morgan fingerprint density at radius 3 is 2.40 bits per heavy atom. The first-order valence-corrected chi connectivity index (χ1v) is 11.7. The molecule has 30 heavy (non-hydrogen) atoms. The van der Waals surface area contributed by atoms with E-state index in [9.17, 15) is 21.9 Å². The van der Waals surface area contributed by atoms with Crippen LogP contribution in [0.25, 0.3) is 11.1 Å². The van der Waals surface area contributed by atoms with Crippen molar-refractivity contribution in [1.29, 1.82) is 0 Å². The molecule has 2 aromatic rings. The predicted molar refractivity (Wildman–Crippen MR) is 109 cm³/mol. The van der Waals surface area contributed by atoms with E-state index in [1.54, 1.807) is 6.07 Å². The SMILES string of the molecule is NC[C@H](O)CS(=O)(=O)c1ccc(-c2ccc(N)nc2)c(C2=NCN=N2)c1S(N)(=O)=O. The van der Waals surface area contributed by atoms with Gasteiger partial charge in [-0.15, -0.1) is 5.11 Å². The number of azo groups is 1. The summed E-state index contributed by atoms with van der Waals surface area (Å²) in [5.74, 6) is -0.649. The number of nitrogens with two attached hydrogens (primary N) is 3. The number of aliphatic imine (C=N–C) groups is 1. The highest BCUT2D eigenvalue weighted by atomic mass is 32.2. The quantitative estimate of drug-likeness (QED) is 0.416. The minimum Gasteiger partial charge on any atom is -0.391 e. The molecule has 0 saturated carbocycles. The largest absolute Gasteiger partial charge is 0.391 e. The molecule has 1 aliphatic rings. The summed E-state index contributed by atoms with van der Waals surface area (Å²) in [5, 5.41) is 22.7. The monoisotopic (exact) mass is 453 g/mol. The topological polar surface area (TPSA) is 217 Å². The van der Waals surface area contributed by atoms with Gasteiger partial charge in [-0.3, -0.25) is 0 Å². The van der Waals surface area contributed by atoms with Crippen molar-refractivity contribution in [3.63, 3.8) is 0 Å². The van der Waals surface area contributed by atoms with Gasteiger partial charge in [-0.2, -0.15) is 5.11 Å². The molecule has 1 aromatic carbocycles. The number of rotatable bonds is 7. The molecule has 7 N–H and O–H groups in total. The van der Waals surface area contributed by atoms with Gasteiger partial charge in [0, 0.05) is 18.3 Å². The molecule has 0 spiro atoms. The highest BCUT2D eigenvalue weighted by molar-refractivity contribution is 7.93. The summed E-state index contributed by atoms with van der Waals surface area (Å²) in [6, 6.07) is 5.55. The molecule has 1 aromatic heterocycles. The van der Waals surface area contributed by atoms with Crippen molar-refractivity contribution >= 4 is 31.5 Å². The average Bonchev–Trinajstić information content (AvgIpc) is 3.21. The third kappa shape index (κ3) is 4.36. The predicted octanol–water partition coefficient (Wildman–Crippen LogP) is -0.759. The number of aliphatic hydroxyl groups is 1. The normalized spacial score (nSPS) is 15.2. The first-order chi connectivity index (χ1) is 14.0. The van der Waals surface area contributed by atoms with Gasteiger partial charge in [0.15, 0.2) is 22.3 Å². The summed E-state index contributed by atoms with van der Waals surface area (Å²) >= 11 is 0. The van der Waals surface area contributed by atoms with Gasteiger partial charge in [0.1, 0.15) is 10.7 Å². The number of hydrogen-bond donors (Lipinski definition) is 4. The van der Waals surface area contributed by atoms with E-state index in [-0.39, 0.29) is 36.0 Å². The van der Waals surface area contributed by atoms with Crippen LogP contribution in [0.3, 0.4) is 0 Å². The Morgan fingerprint density at radius 1 is 1.13 bits per heavy atom. The number of benzene rings is 1. The first kappa shape index (κ1) is 21.9. The van der Waals surface area contributed by atoms with E-state index in [0.717, 1.165) is 6.07 Å². The summed E-state index contributed by atoms with van der Waals surface area (Å²) in [4.78, 5) is 6.73. The van der Waals surface area contributed by atoms with Crippen molar-refractivity contribution in [3.8, 4) is 11.1 Å². The number of primary sulfonamides is 1. The summed E-state index contributed by atoms with van der Waals surface area (Å²) in [7, 11) is -8.88. The van der Waals surface area contributed by atoms with Gasteiger partial charge < -0.3 is 16.6 Å². The average molecular weight is 454 g/mol. The van der Waals surface area contributed by atoms with Crippen molar-refractivity contribution in [2.45, 2.75) is 15.9 Å². The fraction of sp³-hybridized carbons (Fsp3) is 0.250. The molecular weight excluding hydrogens is 434 g/mol. The number of nitrogen functional groups attached to an aromatic ring is 1. The molecule has 160 valence electrons. The molecule has 0 bridgehead atoms. The number of sulfonamides is 1. The fourth-order valence-corrected chi connectivity index (χ4v) is 5.93. The number of aromatic nitrogens is 1. The van der Waals surface area contributed by atoms with Gasteiger partial charge in [0.05, 0.1) is 22.3 Å². The Balaban J connectivity index is 2.39. The zero-order chi connectivity index (χ0) is 22.1. The maximum Gasteiger partial charge on any atom is 0.240 e. The lowest BCUT2D eigenvalue weighted by Gasteiger charge is -2.17. The Kier molecular flexibility index (Phi) is 5.96. The smallest absolute Gasteiger partial charge is 0.240 e.